The Kier molecular flexibility index (Phi) is 6.82. The van der Waals surface area contributed by atoms with Gasteiger partial charge in [-0.25, -0.2) is 4.79 Å². The zero-order chi connectivity index (χ0) is 19.9. The second-order valence-electron chi connectivity index (χ2n) is 7.27. The summed E-state index contributed by atoms with van der Waals surface area (Å²) in [5.74, 6) is 0.622. The molecule has 0 unspecified atom stereocenters. The highest BCUT2D eigenvalue weighted by Gasteiger charge is 2.13. The molecule has 3 amide bonds. The first-order chi connectivity index (χ1) is 12.7. The minimum absolute atomic E-state index is 0.0588. The summed E-state index contributed by atoms with van der Waals surface area (Å²) in [6.07, 6.45) is 0. The van der Waals surface area contributed by atoms with Gasteiger partial charge in [-0.2, -0.15) is 0 Å². The molecule has 2 rings (SSSR count). The normalized spacial score (nSPS) is 10.8. The number of amides is 3. The molecule has 2 aromatic rings. The van der Waals surface area contributed by atoms with Crippen LogP contribution in [0.15, 0.2) is 48.5 Å². The lowest BCUT2D eigenvalue weighted by atomic mass is 9.87. The third-order valence-corrected chi connectivity index (χ3v) is 3.80. The molecule has 27 heavy (non-hydrogen) atoms. The monoisotopic (exact) mass is 369 g/mol. The zero-order valence-corrected chi connectivity index (χ0v) is 16.3. The van der Waals surface area contributed by atoms with Crippen LogP contribution in [0.5, 0.6) is 5.75 Å². The molecule has 0 aliphatic carbocycles. The number of benzene rings is 2. The van der Waals surface area contributed by atoms with Gasteiger partial charge >= 0.3 is 6.03 Å². The summed E-state index contributed by atoms with van der Waals surface area (Å²) in [7, 11) is 0. The van der Waals surface area contributed by atoms with Crippen LogP contribution in [-0.2, 0) is 10.2 Å². The van der Waals surface area contributed by atoms with Gasteiger partial charge in [-0.15, -0.1) is 0 Å². The van der Waals surface area contributed by atoms with E-state index in [1.54, 1.807) is 24.3 Å². The third-order valence-electron chi connectivity index (χ3n) is 3.80. The summed E-state index contributed by atoms with van der Waals surface area (Å²) in [6, 6.07) is 14.6. The SMILES string of the molecule is CC(=O)Nc1cccc(NC(=O)NCCOc2cccc(C(C)(C)C)c2)c1. The maximum atomic E-state index is 12.0. The Morgan fingerprint density at radius 2 is 1.63 bits per heavy atom. The minimum Gasteiger partial charge on any atom is -0.492 e. The number of anilines is 2. The fraction of sp³-hybridized carbons (Fsp3) is 0.333. The average Bonchev–Trinajstić information content (AvgIpc) is 2.58. The van der Waals surface area contributed by atoms with E-state index in [0.717, 1.165) is 5.75 Å². The van der Waals surface area contributed by atoms with E-state index in [-0.39, 0.29) is 17.4 Å². The van der Waals surface area contributed by atoms with E-state index in [4.69, 9.17) is 4.74 Å². The highest BCUT2D eigenvalue weighted by atomic mass is 16.5. The van der Waals surface area contributed by atoms with E-state index in [9.17, 15) is 9.59 Å². The van der Waals surface area contributed by atoms with Crippen molar-refractivity contribution in [1.29, 1.82) is 0 Å². The molecule has 0 fully saturated rings. The molecular weight excluding hydrogens is 342 g/mol. The van der Waals surface area contributed by atoms with Gasteiger partial charge < -0.3 is 20.7 Å². The maximum absolute atomic E-state index is 12.0. The number of urea groups is 1. The molecule has 0 spiro atoms. The molecule has 144 valence electrons. The molecule has 0 bridgehead atoms. The molecule has 6 nitrogen and oxygen atoms in total. The van der Waals surface area contributed by atoms with Crippen LogP contribution >= 0.6 is 0 Å². The Hall–Kier alpha value is -3.02. The number of hydrogen-bond donors (Lipinski definition) is 3. The molecule has 0 aliphatic heterocycles. The van der Waals surface area contributed by atoms with Crippen LogP contribution in [0, 0.1) is 0 Å². The standard InChI is InChI=1S/C21H27N3O3/c1-15(25)23-17-8-6-9-18(14-17)24-20(26)22-11-12-27-19-10-5-7-16(13-19)21(2,3)4/h5-10,13-14H,11-12H2,1-4H3,(H,23,25)(H2,22,24,26). The molecule has 3 N–H and O–H groups in total. The summed E-state index contributed by atoms with van der Waals surface area (Å²) in [6.45, 7) is 8.63. The number of carbonyl (C=O) groups excluding carboxylic acids is 2. The van der Waals surface area contributed by atoms with Crippen LogP contribution in [0.2, 0.25) is 0 Å². The lowest BCUT2D eigenvalue weighted by Gasteiger charge is -2.19. The van der Waals surface area contributed by atoms with E-state index >= 15 is 0 Å². The van der Waals surface area contributed by atoms with Crippen molar-refractivity contribution in [2.75, 3.05) is 23.8 Å². The highest BCUT2D eigenvalue weighted by Crippen LogP contribution is 2.25. The molecular formula is C21H27N3O3. The first-order valence-corrected chi connectivity index (χ1v) is 8.90. The van der Waals surface area contributed by atoms with Crippen molar-refractivity contribution in [1.82, 2.24) is 5.32 Å². The van der Waals surface area contributed by atoms with Gasteiger partial charge in [0.2, 0.25) is 5.91 Å². The number of rotatable bonds is 6. The van der Waals surface area contributed by atoms with Crippen LogP contribution < -0.4 is 20.7 Å². The van der Waals surface area contributed by atoms with Crippen molar-refractivity contribution in [3.8, 4) is 5.75 Å². The van der Waals surface area contributed by atoms with Crippen molar-refractivity contribution in [2.24, 2.45) is 0 Å². The molecule has 2 aromatic carbocycles. The van der Waals surface area contributed by atoms with E-state index in [1.807, 2.05) is 18.2 Å². The fourth-order valence-corrected chi connectivity index (χ4v) is 2.44. The summed E-state index contributed by atoms with van der Waals surface area (Å²) in [4.78, 5) is 23.1. The molecule has 0 radical (unpaired) electrons. The number of hydrogen-bond acceptors (Lipinski definition) is 3. The zero-order valence-electron chi connectivity index (χ0n) is 16.3. The number of carbonyl (C=O) groups is 2. The summed E-state index contributed by atoms with van der Waals surface area (Å²) < 4.78 is 5.72. The van der Waals surface area contributed by atoms with Crippen LogP contribution in [0.4, 0.5) is 16.2 Å². The van der Waals surface area contributed by atoms with E-state index in [1.165, 1.54) is 12.5 Å². The Morgan fingerprint density at radius 3 is 2.30 bits per heavy atom. The minimum atomic E-state index is -0.331. The average molecular weight is 369 g/mol. The topological polar surface area (TPSA) is 79.5 Å². The largest absolute Gasteiger partial charge is 0.492 e. The summed E-state index contributed by atoms with van der Waals surface area (Å²) in [5.41, 5.74) is 2.48. The van der Waals surface area contributed by atoms with E-state index in [2.05, 4.69) is 42.8 Å². The van der Waals surface area contributed by atoms with Gasteiger partial charge in [-0.1, -0.05) is 39.0 Å². The number of ether oxygens (including phenoxy) is 1. The third kappa shape index (κ3) is 7.01. The predicted octanol–water partition coefficient (Wildman–Crippen LogP) is 4.14. The molecule has 0 saturated carbocycles. The molecule has 0 atom stereocenters. The Balaban J connectivity index is 1.77. The lowest BCUT2D eigenvalue weighted by molar-refractivity contribution is -0.114. The second kappa shape index (κ2) is 9.07. The van der Waals surface area contributed by atoms with Crippen molar-refractivity contribution in [2.45, 2.75) is 33.1 Å². The first-order valence-electron chi connectivity index (χ1n) is 8.90. The van der Waals surface area contributed by atoms with Gasteiger partial charge in [-0.05, 0) is 41.3 Å². The molecule has 0 aliphatic rings. The first kappa shape index (κ1) is 20.3. The van der Waals surface area contributed by atoms with Gasteiger partial charge in [0.15, 0.2) is 0 Å². The van der Waals surface area contributed by atoms with Crippen LogP contribution in [-0.4, -0.2) is 25.1 Å². The van der Waals surface area contributed by atoms with Gasteiger partial charge in [0.25, 0.3) is 0 Å². The Bertz CT molecular complexity index is 797. The van der Waals surface area contributed by atoms with Crippen molar-refractivity contribution < 1.29 is 14.3 Å². The van der Waals surface area contributed by atoms with Crippen LogP contribution in [0.3, 0.4) is 0 Å². The smallest absolute Gasteiger partial charge is 0.319 e. The van der Waals surface area contributed by atoms with Gasteiger partial charge in [0, 0.05) is 18.3 Å². The molecule has 0 heterocycles. The summed E-state index contributed by atoms with van der Waals surface area (Å²) in [5, 5.41) is 8.14. The fourth-order valence-electron chi connectivity index (χ4n) is 2.44. The Labute approximate surface area is 160 Å². The van der Waals surface area contributed by atoms with Crippen LogP contribution in [0.1, 0.15) is 33.3 Å². The van der Waals surface area contributed by atoms with Crippen LogP contribution in [0.25, 0.3) is 0 Å². The highest BCUT2D eigenvalue weighted by molar-refractivity contribution is 5.92. The van der Waals surface area contributed by atoms with Gasteiger partial charge in [0.05, 0.1) is 6.54 Å². The second-order valence-corrected chi connectivity index (χ2v) is 7.27. The maximum Gasteiger partial charge on any atom is 0.319 e. The number of nitrogens with one attached hydrogen (secondary N) is 3. The molecule has 6 heteroatoms. The van der Waals surface area contributed by atoms with E-state index < -0.39 is 0 Å². The summed E-state index contributed by atoms with van der Waals surface area (Å²) >= 11 is 0. The van der Waals surface area contributed by atoms with Crippen molar-refractivity contribution in [3.63, 3.8) is 0 Å². The van der Waals surface area contributed by atoms with Crippen molar-refractivity contribution >= 4 is 23.3 Å². The quantitative estimate of drug-likeness (QED) is 0.670. The lowest BCUT2D eigenvalue weighted by Crippen LogP contribution is -2.32. The van der Waals surface area contributed by atoms with Gasteiger partial charge in [0.1, 0.15) is 12.4 Å². The van der Waals surface area contributed by atoms with Gasteiger partial charge in [-0.3, -0.25) is 4.79 Å². The van der Waals surface area contributed by atoms with E-state index in [0.29, 0.717) is 24.5 Å². The van der Waals surface area contributed by atoms with Crippen molar-refractivity contribution in [3.05, 3.63) is 54.1 Å². The molecule has 0 aromatic heterocycles. The molecule has 0 saturated heterocycles. The Morgan fingerprint density at radius 1 is 0.963 bits per heavy atom. The predicted molar refractivity (Wildman–Crippen MR) is 108 cm³/mol.